The molecule has 2 N–H and O–H groups in total. The summed E-state index contributed by atoms with van der Waals surface area (Å²) in [5.41, 5.74) is 10.0. The van der Waals surface area contributed by atoms with Crippen molar-refractivity contribution in [2.75, 3.05) is 0 Å². The lowest BCUT2D eigenvalue weighted by molar-refractivity contribution is 1.06. The Kier molecular flexibility index (Phi) is 3.68. The van der Waals surface area contributed by atoms with Crippen molar-refractivity contribution >= 4 is 22.5 Å². The van der Waals surface area contributed by atoms with Crippen molar-refractivity contribution in [3.63, 3.8) is 0 Å². The Labute approximate surface area is 123 Å². The zero-order chi connectivity index (χ0) is 13.9. The molecule has 0 spiro atoms. The van der Waals surface area contributed by atoms with Crippen LogP contribution in [0.1, 0.15) is 16.7 Å². The van der Waals surface area contributed by atoms with E-state index in [4.69, 9.17) is 17.3 Å². The summed E-state index contributed by atoms with van der Waals surface area (Å²) in [5.74, 6) is 0. The third kappa shape index (κ3) is 2.53. The van der Waals surface area contributed by atoms with Crippen molar-refractivity contribution in [2.45, 2.75) is 13.0 Å². The van der Waals surface area contributed by atoms with Crippen molar-refractivity contribution in [3.05, 3.63) is 76.4 Å². The van der Waals surface area contributed by atoms with E-state index in [0.29, 0.717) is 6.54 Å². The van der Waals surface area contributed by atoms with Gasteiger partial charge in [0.1, 0.15) is 0 Å². The molecule has 3 aromatic rings. The molecule has 0 bridgehead atoms. The molecule has 1 aromatic heterocycles. The first-order valence-corrected chi connectivity index (χ1v) is 6.96. The lowest BCUT2D eigenvalue weighted by atomic mass is 10.0. The Morgan fingerprint density at radius 1 is 1.00 bits per heavy atom. The fourth-order valence-corrected chi connectivity index (χ4v) is 2.65. The first-order chi connectivity index (χ1) is 9.78. The van der Waals surface area contributed by atoms with Crippen LogP contribution < -0.4 is 5.73 Å². The number of pyridine rings is 1. The van der Waals surface area contributed by atoms with E-state index in [1.807, 2.05) is 36.5 Å². The normalized spacial score (nSPS) is 10.9. The average molecular weight is 283 g/mol. The fraction of sp³-hybridized carbons (Fsp3) is 0.118. The van der Waals surface area contributed by atoms with Gasteiger partial charge >= 0.3 is 0 Å². The molecule has 0 saturated heterocycles. The Morgan fingerprint density at radius 3 is 2.65 bits per heavy atom. The minimum Gasteiger partial charge on any atom is -0.326 e. The van der Waals surface area contributed by atoms with Gasteiger partial charge in [-0.15, -0.1) is 0 Å². The quantitative estimate of drug-likeness (QED) is 0.790. The van der Waals surface area contributed by atoms with Gasteiger partial charge in [-0.1, -0.05) is 41.9 Å². The average Bonchev–Trinajstić information content (AvgIpc) is 2.49. The zero-order valence-corrected chi connectivity index (χ0v) is 11.8. The van der Waals surface area contributed by atoms with Gasteiger partial charge in [0.2, 0.25) is 0 Å². The minimum atomic E-state index is 0.512. The smallest absolute Gasteiger partial charge is 0.0704 e. The minimum absolute atomic E-state index is 0.512. The summed E-state index contributed by atoms with van der Waals surface area (Å²) in [4.78, 5) is 4.38. The number of para-hydroxylation sites is 1. The molecule has 2 nitrogen and oxygen atoms in total. The number of benzene rings is 2. The molecule has 20 heavy (non-hydrogen) atoms. The Hall–Kier alpha value is -1.90. The number of hydrogen-bond acceptors (Lipinski definition) is 2. The highest BCUT2D eigenvalue weighted by atomic mass is 35.5. The summed E-state index contributed by atoms with van der Waals surface area (Å²) in [6, 6.07) is 16.2. The molecule has 0 atom stereocenters. The van der Waals surface area contributed by atoms with Crippen molar-refractivity contribution in [1.29, 1.82) is 0 Å². The molecular weight excluding hydrogens is 268 g/mol. The predicted molar refractivity (Wildman–Crippen MR) is 83.9 cm³/mol. The van der Waals surface area contributed by atoms with Crippen LogP contribution in [-0.2, 0) is 13.0 Å². The van der Waals surface area contributed by atoms with Gasteiger partial charge in [0, 0.05) is 23.2 Å². The summed E-state index contributed by atoms with van der Waals surface area (Å²) in [7, 11) is 0. The third-order valence-corrected chi connectivity index (χ3v) is 3.83. The number of rotatable bonds is 3. The molecule has 3 heteroatoms. The first-order valence-electron chi connectivity index (χ1n) is 6.58. The van der Waals surface area contributed by atoms with E-state index in [0.717, 1.165) is 28.1 Å². The molecule has 0 aliphatic rings. The number of halogens is 1. The molecule has 1 heterocycles. The summed E-state index contributed by atoms with van der Waals surface area (Å²) in [6.07, 6.45) is 2.65. The van der Waals surface area contributed by atoms with Gasteiger partial charge in [-0.2, -0.15) is 0 Å². The number of aromatic nitrogens is 1. The highest BCUT2D eigenvalue weighted by molar-refractivity contribution is 6.31. The topological polar surface area (TPSA) is 38.9 Å². The van der Waals surface area contributed by atoms with Gasteiger partial charge in [0.05, 0.1) is 5.52 Å². The van der Waals surface area contributed by atoms with E-state index >= 15 is 0 Å². The maximum absolute atomic E-state index is 6.34. The van der Waals surface area contributed by atoms with Crippen LogP contribution in [0.3, 0.4) is 0 Å². The van der Waals surface area contributed by atoms with E-state index in [1.165, 1.54) is 10.9 Å². The summed E-state index contributed by atoms with van der Waals surface area (Å²) >= 11 is 6.34. The van der Waals surface area contributed by atoms with E-state index < -0.39 is 0 Å². The molecule has 0 radical (unpaired) electrons. The Bertz CT molecular complexity index is 748. The SMILES string of the molecule is NCc1ccc(Cc2ccnc3ccccc23)c(Cl)c1. The molecule has 100 valence electrons. The number of fused-ring (bicyclic) bond motifs is 1. The lowest BCUT2D eigenvalue weighted by Crippen LogP contribution is -1.98. The number of hydrogen-bond donors (Lipinski definition) is 1. The maximum atomic E-state index is 6.34. The van der Waals surface area contributed by atoms with Crippen LogP contribution in [0.15, 0.2) is 54.7 Å². The standard InChI is InChI=1S/C17H15ClN2/c18-16-9-12(11-19)5-6-14(16)10-13-7-8-20-17-4-2-1-3-15(13)17/h1-9H,10-11,19H2. The molecule has 0 saturated carbocycles. The van der Waals surface area contributed by atoms with Gasteiger partial charge < -0.3 is 5.73 Å². The van der Waals surface area contributed by atoms with Gasteiger partial charge in [0.15, 0.2) is 0 Å². The van der Waals surface area contributed by atoms with Crippen LogP contribution in [0.4, 0.5) is 0 Å². The predicted octanol–water partition coefficient (Wildman–Crippen LogP) is 3.94. The third-order valence-electron chi connectivity index (χ3n) is 3.47. The van der Waals surface area contributed by atoms with Crippen LogP contribution in [0.25, 0.3) is 10.9 Å². The number of nitrogens with two attached hydrogens (primary N) is 1. The van der Waals surface area contributed by atoms with Crippen molar-refractivity contribution in [1.82, 2.24) is 4.98 Å². The van der Waals surface area contributed by atoms with Crippen LogP contribution in [0.5, 0.6) is 0 Å². The molecule has 2 aromatic carbocycles. The molecule has 0 amide bonds. The summed E-state index contributed by atoms with van der Waals surface area (Å²) < 4.78 is 0. The van der Waals surface area contributed by atoms with Gasteiger partial charge in [0.25, 0.3) is 0 Å². The second-order valence-corrected chi connectivity index (χ2v) is 5.20. The first kappa shape index (κ1) is 13.1. The Morgan fingerprint density at radius 2 is 1.85 bits per heavy atom. The number of nitrogens with zero attached hydrogens (tertiary/aromatic N) is 1. The zero-order valence-electron chi connectivity index (χ0n) is 11.0. The van der Waals surface area contributed by atoms with Crippen molar-refractivity contribution in [2.24, 2.45) is 5.73 Å². The lowest BCUT2D eigenvalue weighted by Gasteiger charge is -2.09. The highest BCUT2D eigenvalue weighted by Crippen LogP contribution is 2.24. The molecule has 0 aliphatic heterocycles. The largest absolute Gasteiger partial charge is 0.326 e. The van der Waals surface area contributed by atoms with Gasteiger partial charge in [-0.25, -0.2) is 0 Å². The maximum Gasteiger partial charge on any atom is 0.0704 e. The molecule has 0 fully saturated rings. The van der Waals surface area contributed by atoms with Gasteiger partial charge in [-0.3, -0.25) is 4.98 Å². The van der Waals surface area contributed by atoms with Crippen LogP contribution in [0.2, 0.25) is 5.02 Å². The van der Waals surface area contributed by atoms with E-state index in [-0.39, 0.29) is 0 Å². The second kappa shape index (κ2) is 5.61. The van der Waals surface area contributed by atoms with E-state index in [2.05, 4.69) is 23.2 Å². The fourth-order valence-electron chi connectivity index (χ4n) is 2.38. The van der Waals surface area contributed by atoms with Crippen molar-refractivity contribution in [3.8, 4) is 0 Å². The molecule has 3 rings (SSSR count). The van der Waals surface area contributed by atoms with E-state index in [9.17, 15) is 0 Å². The van der Waals surface area contributed by atoms with Gasteiger partial charge in [-0.05, 0) is 41.3 Å². The molecule has 0 unspecified atom stereocenters. The van der Waals surface area contributed by atoms with Crippen LogP contribution in [-0.4, -0.2) is 4.98 Å². The highest BCUT2D eigenvalue weighted by Gasteiger charge is 2.06. The molecular formula is C17H15ClN2. The molecule has 0 aliphatic carbocycles. The summed E-state index contributed by atoms with van der Waals surface area (Å²) in [6.45, 7) is 0.512. The van der Waals surface area contributed by atoms with Crippen LogP contribution >= 0.6 is 11.6 Å². The summed E-state index contributed by atoms with van der Waals surface area (Å²) in [5, 5.41) is 1.95. The monoisotopic (exact) mass is 282 g/mol. The van der Waals surface area contributed by atoms with Crippen LogP contribution in [0, 0.1) is 0 Å². The van der Waals surface area contributed by atoms with Crippen molar-refractivity contribution < 1.29 is 0 Å². The van der Waals surface area contributed by atoms with E-state index in [1.54, 1.807) is 0 Å². The Balaban J connectivity index is 2.01. The second-order valence-electron chi connectivity index (χ2n) is 4.79.